The molecule has 3 nitrogen and oxygen atoms in total. The summed E-state index contributed by atoms with van der Waals surface area (Å²) in [6, 6.07) is 0.606. The Hall–Kier alpha value is -0.120. The molecule has 0 spiro atoms. The van der Waals surface area contributed by atoms with Crippen LogP contribution in [0, 0.1) is 11.8 Å². The number of nitrogens with one attached hydrogen (secondary N) is 1. The van der Waals surface area contributed by atoms with Crippen molar-refractivity contribution in [3.05, 3.63) is 0 Å². The first kappa shape index (κ1) is 13.3. The minimum Gasteiger partial charge on any atom is -0.381 e. The Kier molecular flexibility index (Phi) is 5.75. The van der Waals surface area contributed by atoms with Gasteiger partial charge >= 0.3 is 0 Å². The first-order valence-electron chi connectivity index (χ1n) is 7.29. The Bertz CT molecular complexity index is 200. The summed E-state index contributed by atoms with van der Waals surface area (Å²) in [6.45, 7) is 7.03. The van der Waals surface area contributed by atoms with Gasteiger partial charge in [0.2, 0.25) is 0 Å². The third kappa shape index (κ3) is 4.94. The Morgan fingerprint density at radius 1 is 1.24 bits per heavy atom. The summed E-state index contributed by atoms with van der Waals surface area (Å²) in [5, 5.41) is 3.62. The van der Waals surface area contributed by atoms with Crippen LogP contribution in [0.2, 0.25) is 0 Å². The minimum absolute atomic E-state index is 0.606. The average Bonchev–Trinajstić information content (AvgIpc) is 3.19. The van der Waals surface area contributed by atoms with Crippen molar-refractivity contribution in [2.75, 3.05) is 33.0 Å². The molecule has 0 amide bonds. The summed E-state index contributed by atoms with van der Waals surface area (Å²) in [6.07, 6.45) is 6.35. The fourth-order valence-corrected chi connectivity index (χ4v) is 2.46. The molecular weight excluding hydrogens is 214 g/mol. The Balaban J connectivity index is 1.57. The van der Waals surface area contributed by atoms with E-state index in [4.69, 9.17) is 9.47 Å². The van der Waals surface area contributed by atoms with Gasteiger partial charge in [-0.25, -0.2) is 0 Å². The van der Waals surface area contributed by atoms with Gasteiger partial charge in [-0.15, -0.1) is 0 Å². The molecule has 0 bridgehead atoms. The van der Waals surface area contributed by atoms with Crippen LogP contribution in [0.15, 0.2) is 0 Å². The normalized spacial score (nSPS) is 23.8. The second-order valence-electron chi connectivity index (χ2n) is 5.49. The highest BCUT2D eigenvalue weighted by molar-refractivity contribution is 4.86. The van der Waals surface area contributed by atoms with Gasteiger partial charge < -0.3 is 14.8 Å². The Labute approximate surface area is 105 Å². The van der Waals surface area contributed by atoms with Crippen LogP contribution in [-0.2, 0) is 9.47 Å². The second-order valence-corrected chi connectivity index (χ2v) is 5.49. The number of rotatable bonds is 8. The minimum atomic E-state index is 0.606. The molecule has 2 rings (SSSR count). The quantitative estimate of drug-likeness (QED) is 0.707. The van der Waals surface area contributed by atoms with Gasteiger partial charge in [-0.1, -0.05) is 6.92 Å². The van der Waals surface area contributed by atoms with Gasteiger partial charge in [0.25, 0.3) is 0 Å². The van der Waals surface area contributed by atoms with Crippen molar-refractivity contribution in [2.45, 2.75) is 45.1 Å². The number of hydrogen-bond acceptors (Lipinski definition) is 3. The van der Waals surface area contributed by atoms with Gasteiger partial charge in [-0.3, -0.25) is 0 Å². The van der Waals surface area contributed by atoms with Crippen LogP contribution in [0.25, 0.3) is 0 Å². The molecule has 1 saturated carbocycles. The van der Waals surface area contributed by atoms with Crippen LogP contribution in [0.5, 0.6) is 0 Å². The van der Waals surface area contributed by atoms with Crippen molar-refractivity contribution in [3.63, 3.8) is 0 Å². The summed E-state index contributed by atoms with van der Waals surface area (Å²) in [4.78, 5) is 0. The molecule has 1 unspecified atom stereocenters. The molecule has 17 heavy (non-hydrogen) atoms. The molecule has 1 N–H and O–H groups in total. The zero-order chi connectivity index (χ0) is 11.9. The Morgan fingerprint density at radius 2 is 2.00 bits per heavy atom. The molecule has 2 fully saturated rings. The Morgan fingerprint density at radius 3 is 2.65 bits per heavy atom. The van der Waals surface area contributed by atoms with E-state index in [1.54, 1.807) is 0 Å². The topological polar surface area (TPSA) is 30.5 Å². The van der Waals surface area contributed by atoms with Gasteiger partial charge in [0, 0.05) is 25.9 Å². The van der Waals surface area contributed by atoms with E-state index in [-0.39, 0.29) is 0 Å². The molecule has 1 heterocycles. The molecule has 0 radical (unpaired) electrons. The highest BCUT2D eigenvalue weighted by Gasteiger charge is 2.30. The lowest BCUT2D eigenvalue weighted by atomic mass is 10.0. The largest absolute Gasteiger partial charge is 0.381 e. The number of hydrogen-bond donors (Lipinski definition) is 1. The van der Waals surface area contributed by atoms with Crippen LogP contribution in [0.1, 0.15) is 39.0 Å². The predicted molar refractivity (Wildman–Crippen MR) is 69.2 cm³/mol. The zero-order valence-corrected chi connectivity index (χ0v) is 11.1. The van der Waals surface area contributed by atoms with Crippen molar-refractivity contribution < 1.29 is 9.47 Å². The maximum Gasteiger partial charge on any atom is 0.0622 e. The molecule has 0 aromatic carbocycles. The summed E-state index contributed by atoms with van der Waals surface area (Å²) >= 11 is 0. The van der Waals surface area contributed by atoms with Gasteiger partial charge in [0.15, 0.2) is 0 Å². The smallest absolute Gasteiger partial charge is 0.0622 e. The molecule has 100 valence electrons. The van der Waals surface area contributed by atoms with Crippen molar-refractivity contribution in [3.8, 4) is 0 Å². The lowest BCUT2D eigenvalue weighted by Gasteiger charge is -2.24. The van der Waals surface area contributed by atoms with E-state index in [1.165, 1.54) is 32.1 Å². The van der Waals surface area contributed by atoms with E-state index in [2.05, 4.69) is 12.2 Å². The first-order chi connectivity index (χ1) is 8.40. The maximum absolute atomic E-state index is 5.92. The number of ether oxygens (including phenoxy) is 2. The summed E-state index contributed by atoms with van der Waals surface area (Å²) in [5.41, 5.74) is 0. The lowest BCUT2D eigenvalue weighted by molar-refractivity contribution is 0.0138. The molecule has 2 aliphatic rings. The molecule has 1 aliphatic heterocycles. The van der Waals surface area contributed by atoms with Gasteiger partial charge in [-0.2, -0.15) is 0 Å². The third-order valence-electron chi connectivity index (χ3n) is 3.84. The SMILES string of the molecule is CCCNC(COCC1CCOCC1)C1CC1. The summed E-state index contributed by atoms with van der Waals surface area (Å²) in [7, 11) is 0. The fraction of sp³-hybridized carbons (Fsp3) is 1.00. The van der Waals surface area contributed by atoms with E-state index < -0.39 is 0 Å². The standard InChI is InChI=1S/C14H27NO2/c1-2-7-15-14(13-3-4-13)11-17-10-12-5-8-16-9-6-12/h12-15H,2-11H2,1H3. The highest BCUT2D eigenvalue weighted by atomic mass is 16.5. The van der Waals surface area contributed by atoms with E-state index in [1.807, 2.05) is 0 Å². The van der Waals surface area contributed by atoms with Gasteiger partial charge in [-0.05, 0) is 50.5 Å². The maximum atomic E-state index is 5.92. The second kappa shape index (κ2) is 7.34. The van der Waals surface area contributed by atoms with E-state index in [0.29, 0.717) is 6.04 Å². The van der Waals surface area contributed by atoms with Crippen LogP contribution in [0.3, 0.4) is 0 Å². The van der Waals surface area contributed by atoms with Crippen molar-refractivity contribution in [2.24, 2.45) is 11.8 Å². The van der Waals surface area contributed by atoms with E-state index >= 15 is 0 Å². The summed E-state index contributed by atoms with van der Waals surface area (Å²) < 4.78 is 11.3. The highest BCUT2D eigenvalue weighted by Crippen LogP contribution is 2.32. The fourth-order valence-electron chi connectivity index (χ4n) is 2.46. The first-order valence-corrected chi connectivity index (χ1v) is 7.29. The van der Waals surface area contributed by atoms with Crippen LogP contribution >= 0.6 is 0 Å². The monoisotopic (exact) mass is 241 g/mol. The zero-order valence-electron chi connectivity index (χ0n) is 11.1. The van der Waals surface area contributed by atoms with Crippen LogP contribution in [-0.4, -0.2) is 39.0 Å². The van der Waals surface area contributed by atoms with Gasteiger partial charge in [0.05, 0.1) is 6.61 Å². The van der Waals surface area contributed by atoms with E-state index in [9.17, 15) is 0 Å². The molecule has 0 aromatic rings. The van der Waals surface area contributed by atoms with Gasteiger partial charge in [0.1, 0.15) is 0 Å². The van der Waals surface area contributed by atoms with Crippen molar-refractivity contribution in [1.82, 2.24) is 5.32 Å². The van der Waals surface area contributed by atoms with Crippen molar-refractivity contribution in [1.29, 1.82) is 0 Å². The van der Waals surface area contributed by atoms with Crippen molar-refractivity contribution >= 4 is 0 Å². The summed E-state index contributed by atoms with van der Waals surface area (Å²) in [5.74, 6) is 1.62. The lowest BCUT2D eigenvalue weighted by Crippen LogP contribution is -2.36. The van der Waals surface area contributed by atoms with Crippen LogP contribution in [0.4, 0.5) is 0 Å². The van der Waals surface area contributed by atoms with Crippen LogP contribution < -0.4 is 5.32 Å². The molecule has 0 aromatic heterocycles. The molecular formula is C14H27NO2. The molecule has 3 heteroatoms. The molecule has 1 atom stereocenters. The van der Waals surface area contributed by atoms with E-state index in [0.717, 1.165) is 44.8 Å². The predicted octanol–water partition coefficient (Wildman–Crippen LogP) is 2.21. The molecule has 1 aliphatic carbocycles. The average molecular weight is 241 g/mol. The molecule has 1 saturated heterocycles. The third-order valence-corrected chi connectivity index (χ3v) is 3.84.